The molecule has 2 nitrogen and oxygen atoms in total. The quantitative estimate of drug-likeness (QED) is 0.799. The van der Waals surface area contributed by atoms with Gasteiger partial charge in [-0.3, -0.25) is 0 Å². The van der Waals surface area contributed by atoms with E-state index in [-0.39, 0.29) is 5.82 Å². The van der Waals surface area contributed by atoms with Gasteiger partial charge < -0.3 is 10.1 Å². The number of ether oxygens (including phenoxy) is 1. The normalized spacial score (nSPS) is 12.2. The molecule has 0 amide bonds. The second kappa shape index (κ2) is 7.48. The molecule has 0 spiro atoms. The molecule has 1 atom stereocenters. The summed E-state index contributed by atoms with van der Waals surface area (Å²) < 4.78 is 18.9. The maximum atomic E-state index is 13.9. The average Bonchev–Trinajstić information content (AvgIpc) is 2.53. The number of benzene rings is 2. The van der Waals surface area contributed by atoms with Crippen LogP contribution in [0.2, 0.25) is 0 Å². The van der Waals surface area contributed by atoms with Crippen molar-refractivity contribution in [2.45, 2.75) is 23.6 Å². The van der Waals surface area contributed by atoms with Gasteiger partial charge in [-0.15, -0.1) is 11.8 Å². The Morgan fingerprint density at radius 3 is 2.48 bits per heavy atom. The van der Waals surface area contributed by atoms with Crippen LogP contribution in [0.4, 0.5) is 4.39 Å². The topological polar surface area (TPSA) is 21.3 Å². The molecule has 1 N–H and O–H groups in total. The summed E-state index contributed by atoms with van der Waals surface area (Å²) in [5.41, 5.74) is 1.94. The van der Waals surface area contributed by atoms with Gasteiger partial charge in [0.1, 0.15) is 11.6 Å². The molecule has 2 rings (SSSR count). The minimum Gasteiger partial charge on any atom is -0.497 e. The van der Waals surface area contributed by atoms with Crippen molar-refractivity contribution in [1.82, 2.24) is 5.32 Å². The van der Waals surface area contributed by atoms with Crippen LogP contribution in [0.5, 0.6) is 5.75 Å². The minimum absolute atomic E-state index is 0.220. The highest BCUT2D eigenvalue weighted by Gasteiger charge is 2.06. The maximum Gasteiger partial charge on any atom is 0.130 e. The second-order valence-corrected chi connectivity index (χ2v) is 5.87. The molecule has 2 aromatic rings. The highest BCUT2D eigenvalue weighted by atomic mass is 32.2. The zero-order chi connectivity index (χ0) is 15.2. The molecular weight excluding hydrogens is 285 g/mol. The van der Waals surface area contributed by atoms with Crippen molar-refractivity contribution in [2.24, 2.45) is 0 Å². The summed E-state index contributed by atoms with van der Waals surface area (Å²) in [7, 11) is 3.48. The van der Waals surface area contributed by atoms with Crippen LogP contribution in [0.15, 0.2) is 47.4 Å². The Kier molecular flexibility index (Phi) is 5.65. The Labute approximate surface area is 129 Å². The summed E-state index contributed by atoms with van der Waals surface area (Å²) in [4.78, 5) is 1.14. The predicted octanol–water partition coefficient (Wildman–Crippen LogP) is 4.41. The van der Waals surface area contributed by atoms with Gasteiger partial charge in [-0.05, 0) is 43.3 Å². The van der Waals surface area contributed by atoms with Gasteiger partial charge in [0.15, 0.2) is 0 Å². The van der Waals surface area contributed by atoms with Crippen LogP contribution in [0.1, 0.15) is 24.1 Å². The Bertz CT molecular complexity index is 586. The van der Waals surface area contributed by atoms with Gasteiger partial charge in [0, 0.05) is 22.8 Å². The van der Waals surface area contributed by atoms with E-state index >= 15 is 0 Å². The molecule has 0 aromatic heterocycles. The fourth-order valence-corrected chi connectivity index (χ4v) is 2.84. The molecular formula is C17H20FNOS. The Hall–Kier alpha value is -1.52. The zero-order valence-electron chi connectivity index (χ0n) is 12.5. The molecule has 0 aliphatic rings. The van der Waals surface area contributed by atoms with E-state index in [1.807, 2.05) is 7.05 Å². The van der Waals surface area contributed by atoms with E-state index in [4.69, 9.17) is 4.74 Å². The number of halogens is 1. The molecule has 112 valence electrons. The molecule has 21 heavy (non-hydrogen) atoms. The summed E-state index contributed by atoms with van der Waals surface area (Å²) in [5.74, 6) is 0.936. The van der Waals surface area contributed by atoms with Crippen molar-refractivity contribution in [3.8, 4) is 5.75 Å². The predicted molar refractivity (Wildman–Crippen MR) is 86.4 cm³/mol. The van der Waals surface area contributed by atoms with Gasteiger partial charge in [-0.2, -0.15) is 0 Å². The van der Waals surface area contributed by atoms with E-state index in [0.717, 1.165) is 4.90 Å². The molecule has 2 aromatic carbocycles. The lowest BCUT2D eigenvalue weighted by atomic mass is 10.1. The van der Waals surface area contributed by atoms with Gasteiger partial charge in [0.25, 0.3) is 0 Å². The van der Waals surface area contributed by atoms with Gasteiger partial charge in [0.2, 0.25) is 0 Å². The van der Waals surface area contributed by atoms with Crippen LogP contribution >= 0.6 is 11.8 Å². The molecule has 1 unspecified atom stereocenters. The Morgan fingerprint density at radius 1 is 1.19 bits per heavy atom. The highest BCUT2D eigenvalue weighted by molar-refractivity contribution is 7.98. The number of thioether (sulfide) groups is 1. The number of nitrogens with one attached hydrogen (secondary N) is 1. The van der Waals surface area contributed by atoms with E-state index < -0.39 is 0 Å². The molecule has 0 saturated carbocycles. The molecule has 0 saturated heterocycles. The number of methoxy groups -OCH3 is 1. The molecule has 0 bridgehead atoms. The van der Waals surface area contributed by atoms with Crippen molar-refractivity contribution in [2.75, 3.05) is 14.2 Å². The molecule has 0 radical (unpaired) electrons. The van der Waals surface area contributed by atoms with Crippen molar-refractivity contribution in [3.05, 3.63) is 59.4 Å². The van der Waals surface area contributed by atoms with Crippen molar-refractivity contribution in [3.63, 3.8) is 0 Å². The fraction of sp³-hybridized carbons (Fsp3) is 0.294. The maximum absolute atomic E-state index is 13.9. The lowest BCUT2D eigenvalue weighted by molar-refractivity contribution is 0.411. The number of hydrogen-bond acceptors (Lipinski definition) is 3. The SMILES string of the molecule is CNC(C)c1ccc(SCc2ccc(OC)cc2F)cc1. The highest BCUT2D eigenvalue weighted by Crippen LogP contribution is 2.27. The summed E-state index contributed by atoms with van der Waals surface area (Å²) >= 11 is 1.63. The monoisotopic (exact) mass is 305 g/mol. The standard InChI is InChI=1S/C17H20FNOS/c1-12(19-2)13-5-8-16(9-6-13)21-11-14-4-7-15(20-3)10-17(14)18/h4-10,12,19H,11H2,1-3H3. The summed E-state index contributed by atoms with van der Waals surface area (Å²) in [6, 6.07) is 13.7. The van der Waals surface area contributed by atoms with Crippen LogP contribution in [0.3, 0.4) is 0 Å². The summed E-state index contributed by atoms with van der Waals surface area (Å²) in [5, 5.41) is 3.21. The first-order valence-electron chi connectivity index (χ1n) is 6.86. The van der Waals surface area contributed by atoms with Crippen molar-refractivity contribution >= 4 is 11.8 Å². The number of hydrogen-bond donors (Lipinski definition) is 1. The van der Waals surface area contributed by atoms with Gasteiger partial charge in [0.05, 0.1) is 7.11 Å². The minimum atomic E-state index is -0.220. The third kappa shape index (κ3) is 4.22. The fourth-order valence-electron chi connectivity index (χ4n) is 1.95. The molecule has 0 heterocycles. The van der Waals surface area contributed by atoms with Gasteiger partial charge >= 0.3 is 0 Å². The third-order valence-electron chi connectivity index (χ3n) is 3.47. The zero-order valence-corrected chi connectivity index (χ0v) is 13.3. The average molecular weight is 305 g/mol. The van der Waals surface area contributed by atoms with Crippen LogP contribution in [-0.4, -0.2) is 14.2 Å². The molecule has 0 aliphatic carbocycles. The first-order chi connectivity index (χ1) is 10.1. The molecule has 0 fully saturated rings. The third-order valence-corrected chi connectivity index (χ3v) is 4.53. The number of rotatable bonds is 6. The van der Waals surface area contributed by atoms with Crippen LogP contribution in [0, 0.1) is 5.82 Å². The van der Waals surface area contributed by atoms with E-state index in [0.29, 0.717) is 23.1 Å². The van der Waals surface area contributed by atoms with E-state index in [9.17, 15) is 4.39 Å². The molecule has 0 aliphatic heterocycles. The van der Waals surface area contributed by atoms with Gasteiger partial charge in [-0.25, -0.2) is 4.39 Å². The van der Waals surface area contributed by atoms with E-state index in [1.165, 1.54) is 18.7 Å². The van der Waals surface area contributed by atoms with Crippen molar-refractivity contribution in [1.29, 1.82) is 0 Å². The van der Waals surface area contributed by atoms with Crippen LogP contribution in [-0.2, 0) is 5.75 Å². The van der Waals surface area contributed by atoms with E-state index in [2.05, 4.69) is 36.5 Å². The summed E-state index contributed by atoms with van der Waals surface area (Å²) in [6.07, 6.45) is 0. The second-order valence-electron chi connectivity index (χ2n) is 4.83. The summed E-state index contributed by atoms with van der Waals surface area (Å²) in [6.45, 7) is 2.12. The first kappa shape index (κ1) is 15.9. The van der Waals surface area contributed by atoms with Gasteiger partial charge in [-0.1, -0.05) is 18.2 Å². The largest absolute Gasteiger partial charge is 0.497 e. The molecule has 4 heteroatoms. The lowest BCUT2D eigenvalue weighted by Crippen LogP contribution is -2.11. The smallest absolute Gasteiger partial charge is 0.130 e. The lowest BCUT2D eigenvalue weighted by Gasteiger charge is -2.11. The Morgan fingerprint density at radius 2 is 1.90 bits per heavy atom. The van der Waals surface area contributed by atoms with Crippen LogP contribution in [0.25, 0.3) is 0 Å². The van der Waals surface area contributed by atoms with E-state index in [1.54, 1.807) is 23.9 Å². The Balaban J connectivity index is 1.99. The first-order valence-corrected chi connectivity index (χ1v) is 7.85. The van der Waals surface area contributed by atoms with Crippen molar-refractivity contribution < 1.29 is 9.13 Å². The van der Waals surface area contributed by atoms with Crippen LogP contribution < -0.4 is 10.1 Å².